The molecule has 0 atom stereocenters. The third kappa shape index (κ3) is 5.13. The summed E-state index contributed by atoms with van der Waals surface area (Å²) in [5, 5.41) is 0. The molecule has 0 aromatic heterocycles. The SMILES string of the molecule is CC1(C)CC(c2ccccc2N2CCN(CCF)CC2)CC(C)(C)C1.Cl. The lowest BCUT2D eigenvalue weighted by Crippen LogP contribution is -2.47. The van der Waals surface area contributed by atoms with Gasteiger partial charge in [-0.25, -0.2) is 4.39 Å². The molecule has 1 aliphatic heterocycles. The molecule has 2 aliphatic rings. The number of nitrogens with zero attached hydrogens (tertiary/aromatic N) is 2. The first-order valence-corrected chi connectivity index (χ1v) is 9.92. The van der Waals surface area contributed by atoms with Gasteiger partial charge >= 0.3 is 0 Å². The van der Waals surface area contributed by atoms with E-state index in [1.54, 1.807) is 0 Å². The average molecular weight is 383 g/mol. The molecular formula is C22H36ClFN2. The van der Waals surface area contributed by atoms with Gasteiger partial charge in [-0.2, -0.15) is 0 Å². The molecule has 26 heavy (non-hydrogen) atoms. The van der Waals surface area contributed by atoms with E-state index in [0.717, 1.165) is 26.2 Å². The second-order valence-electron chi connectivity index (χ2n) is 9.69. The summed E-state index contributed by atoms with van der Waals surface area (Å²) in [6, 6.07) is 9.03. The number of benzene rings is 1. The molecule has 0 spiro atoms. The minimum Gasteiger partial charge on any atom is -0.369 e. The Hall–Kier alpha value is -0.800. The molecule has 4 heteroatoms. The highest BCUT2D eigenvalue weighted by Crippen LogP contribution is 2.53. The molecule has 3 rings (SSSR count). The Morgan fingerprint density at radius 3 is 2.12 bits per heavy atom. The van der Waals surface area contributed by atoms with Crippen LogP contribution in [0.5, 0.6) is 0 Å². The fourth-order valence-corrected chi connectivity index (χ4v) is 5.52. The first-order valence-electron chi connectivity index (χ1n) is 9.92. The van der Waals surface area contributed by atoms with Gasteiger partial charge in [-0.1, -0.05) is 45.9 Å². The molecule has 1 aromatic carbocycles. The van der Waals surface area contributed by atoms with Gasteiger partial charge in [0.1, 0.15) is 6.67 Å². The van der Waals surface area contributed by atoms with Crippen molar-refractivity contribution in [2.45, 2.75) is 52.9 Å². The van der Waals surface area contributed by atoms with Gasteiger partial charge in [-0.05, 0) is 47.6 Å². The van der Waals surface area contributed by atoms with Gasteiger partial charge in [0.25, 0.3) is 0 Å². The van der Waals surface area contributed by atoms with E-state index in [4.69, 9.17) is 0 Å². The fraction of sp³-hybridized carbons (Fsp3) is 0.727. The summed E-state index contributed by atoms with van der Waals surface area (Å²) >= 11 is 0. The Morgan fingerprint density at radius 2 is 1.54 bits per heavy atom. The lowest BCUT2D eigenvalue weighted by Gasteiger charge is -2.46. The van der Waals surface area contributed by atoms with Gasteiger partial charge in [0.05, 0.1) is 0 Å². The first kappa shape index (κ1) is 21.5. The normalized spacial score (nSPS) is 23.5. The number of alkyl halides is 1. The van der Waals surface area contributed by atoms with Gasteiger partial charge in [-0.15, -0.1) is 12.4 Å². The second-order valence-corrected chi connectivity index (χ2v) is 9.69. The summed E-state index contributed by atoms with van der Waals surface area (Å²) in [4.78, 5) is 4.77. The number of para-hydroxylation sites is 1. The van der Waals surface area contributed by atoms with Crippen molar-refractivity contribution in [3.63, 3.8) is 0 Å². The van der Waals surface area contributed by atoms with Crippen LogP contribution in [0.3, 0.4) is 0 Å². The zero-order valence-corrected chi connectivity index (χ0v) is 17.7. The van der Waals surface area contributed by atoms with Crippen LogP contribution >= 0.6 is 12.4 Å². The number of halogens is 2. The molecule has 148 valence electrons. The summed E-state index contributed by atoms with van der Waals surface area (Å²) in [6.45, 7) is 14.0. The molecular weight excluding hydrogens is 347 g/mol. The van der Waals surface area contributed by atoms with Gasteiger partial charge in [-0.3, -0.25) is 4.90 Å². The molecule has 0 N–H and O–H groups in total. The second kappa shape index (κ2) is 8.48. The molecule has 2 nitrogen and oxygen atoms in total. The number of anilines is 1. The Kier molecular flexibility index (Phi) is 7.01. The van der Waals surface area contributed by atoms with Crippen LogP contribution in [0, 0.1) is 10.8 Å². The van der Waals surface area contributed by atoms with E-state index < -0.39 is 0 Å². The highest BCUT2D eigenvalue weighted by molar-refractivity contribution is 5.85. The zero-order chi connectivity index (χ0) is 18.1. The largest absolute Gasteiger partial charge is 0.369 e. The van der Waals surface area contributed by atoms with Crippen molar-refractivity contribution >= 4 is 18.1 Å². The number of hydrogen-bond donors (Lipinski definition) is 0. The zero-order valence-electron chi connectivity index (χ0n) is 16.9. The van der Waals surface area contributed by atoms with Crippen molar-refractivity contribution < 1.29 is 4.39 Å². The minimum atomic E-state index is -0.233. The van der Waals surface area contributed by atoms with Gasteiger partial charge in [0, 0.05) is 38.4 Å². The maximum Gasteiger partial charge on any atom is 0.102 e. The summed E-state index contributed by atoms with van der Waals surface area (Å²) in [7, 11) is 0. The Bertz CT molecular complexity index is 563. The van der Waals surface area contributed by atoms with Crippen LogP contribution in [-0.4, -0.2) is 44.3 Å². The smallest absolute Gasteiger partial charge is 0.102 e. The van der Waals surface area contributed by atoms with Crippen LogP contribution in [0.25, 0.3) is 0 Å². The highest BCUT2D eigenvalue weighted by atomic mass is 35.5. The monoisotopic (exact) mass is 382 g/mol. The number of hydrogen-bond acceptors (Lipinski definition) is 2. The van der Waals surface area contributed by atoms with E-state index in [1.807, 2.05) is 0 Å². The molecule has 0 radical (unpaired) electrons. The standard InChI is InChI=1S/C22H35FN2.ClH/c1-21(2)15-18(16-22(3,4)17-21)19-7-5-6-8-20(19)25-13-11-24(10-9-23)12-14-25;/h5-8,18H,9-17H2,1-4H3;1H. The third-order valence-corrected chi connectivity index (χ3v) is 6.05. The first-order chi connectivity index (χ1) is 11.8. The van der Waals surface area contributed by atoms with Crippen LogP contribution in [-0.2, 0) is 0 Å². The van der Waals surface area contributed by atoms with E-state index in [0.29, 0.717) is 23.3 Å². The third-order valence-electron chi connectivity index (χ3n) is 6.05. The van der Waals surface area contributed by atoms with Crippen LogP contribution in [0.2, 0.25) is 0 Å². The summed E-state index contributed by atoms with van der Waals surface area (Å²) < 4.78 is 12.6. The molecule has 0 bridgehead atoms. The van der Waals surface area contributed by atoms with Crippen LogP contribution in [0.1, 0.15) is 58.4 Å². The van der Waals surface area contributed by atoms with Gasteiger partial charge in [0.15, 0.2) is 0 Å². The van der Waals surface area contributed by atoms with Crippen molar-refractivity contribution in [2.75, 3.05) is 44.3 Å². The quantitative estimate of drug-likeness (QED) is 0.676. The van der Waals surface area contributed by atoms with Crippen molar-refractivity contribution in [3.05, 3.63) is 29.8 Å². The Labute approximate surface area is 165 Å². The predicted octanol–water partition coefficient (Wildman–Crippen LogP) is 5.52. The molecule has 1 heterocycles. The number of piperazine rings is 1. The van der Waals surface area contributed by atoms with Crippen LogP contribution in [0.15, 0.2) is 24.3 Å². The van der Waals surface area contributed by atoms with Gasteiger partial charge < -0.3 is 4.90 Å². The fourth-order valence-electron chi connectivity index (χ4n) is 5.52. The van der Waals surface area contributed by atoms with Crippen molar-refractivity contribution in [3.8, 4) is 0 Å². The van der Waals surface area contributed by atoms with Crippen LogP contribution in [0.4, 0.5) is 10.1 Å². The maximum absolute atomic E-state index is 12.6. The van der Waals surface area contributed by atoms with E-state index in [-0.39, 0.29) is 19.1 Å². The Balaban J connectivity index is 0.00000243. The van der Waals surface area contributed by atoms with Crippen LogP contribution < -0.4 is 4.90 Å². The van der Waals surface area contributed by atoms with E-state index in [9.17, 15) is 4.39 Å². The summed E-state index contributed by atoms with van der Waals surface area (Å²) in [6.07, 6.45) is 3.85. The summed E-state index contributed by atoms with van der Waals surface area (Å²) in [5.74, 6) is 0.638. The average Bonchev–Trinajstić information content (AvgIpc) is 2.53. The molecule has 1 saturated carbocycles. The van der Waals surface area contributed by atoms with E-state index in [1.165, 1.54) is 30.5 Å². The molecule has 1 aromatic rings. The van der Waals surface area contributed by atoms with Crippen molar-refractivity contribution in [2.24, 2.45) is 10.8 Å². The molecule has 0 unspecified atom stereocenters. The predicted molar refractivity (Wildman–Crippen MR) is 112 cm³/mol. The van der Waals surface area contributed by atoms with Crippen molar-refractivity contribution in [1.82, 2.24) is 4.90 Å². The molecule has 1 aliphatic carbocycles. The van der Waals surface area contributed by atoms with E-state index in [2.05, 4.69) is 61.8 Å². The number of rotatable bonds is 4. The topological polar surface area (TPSA) is 6.48 Å². The lowest BCUT2D eigenvalue weighted by molar-refractivity contribution is 0.0970. The van der Waals surface area contributed by atoms with E-state index >= 15 is 0 Å². The van der Waals surface area contributed by atoms with Crippen molar-refractivity contribution in [1.29, 1.82) is 0 Å². The Morgan fingerprint density at radius 1 is 0.962 bits per heavy atom. The molecule has 2 fully saturated rings. The molecule has 1 saturated heterocycles. The highest BCUT2D eigenvalue weighted by Gasteiger charge is 2.39. The van der Waals surface area contributed by atoms with Gasteiger partial charge in [0.2, 0.25) is 0 Å². The maximum atomic E-state index is 12.6. The summed E-state index contributed by atoms with van der Waals surface area (Å²) in [5.41, 5.74) is 3.75. The minimum absolute atomic E-state index is 0. The molecule has 0 amide bonds. The lowest BCUT2D eigenvalue weighted by atomic mass is 9.60.